The smallest absolute Gasteiger partial charge is 0.106 e. The lowest BCUT2D eigenvalue weighted by Gasteiger charge is -2.45. The number of benzene rings is 3. The first-order chi connectivity index (χ1) is 12.5. The fourth-order valence-electron chi connectivity index (χ4n) is 4.58. The summed E-state index contributed by atoms with van der Waals surface area (Å²) in [7, 11) is 6.13. The maximum Gasteiger partial charge on any atom is 0.106 e. The van der Waals surface area contributed by atoms with Crippen molar-refractivity contribution in [2.24, 2.45) is 0 Å². The van der Waals surface area contributed by atoms with Gasteiger partial charge in [0.25, 0.3) is 0 Å². The Morgan fingerprint density at radius 1 is 0.923 bits per heavy atom. The molecule has 0 amide bonds. The van der Waals surface area contributed by atoms with E-state index in [2.05, 4.69) is 86.6 Å². The van der Waals surface area contributed by atoms with Gasteiger partial charge in [0, 0.05) is 13.2 Å². The van der Waals surface area contributed by atoms with Gasteiger partial charge < -0.3 is 9.64 Å². The third-order valence-corrected chi connectivity index (χ3v) is 6.09. The standard InChI is InChI=1S/C24H27NO/c1-24(26-4)22-13-11-20(16-21(22)12-14-23(24)25(2)3)19-10-9-17-7-5-6-8-18(17)15-19/h5-11,13,15-16,23H,12,14H2,1-4H3. The van der Waals surface area contributed by atoms with Crippen molar-refractivity contribution >= 4 is 10.8 Å². The zero-order valence-electron chi connectivity index (χ0n) is 16.1. The zero-order valence-corrected chi connectivity index (χ0v) is 16.1. The molecule has 134 valence electrons. The van der Waals surface area contributed by atoms with Crippen LogP contribution in [-0.4, -0.2) is 32.1 Å². The van der Waals surface area contributed by atoms with E-state index in [1.807, 2.05) is 7.11 Å². The Bertz CT molecular complexity index is 946. The van der Waals surface area contributed by atoms with E-state index in [-0.39, 0.29) is 5.60 Å². The Hall–Kier alpha value is -2.16. The van der Waals surface area contributed by atoms with E-state index in [4.69, 9.17) is 4.74 Å². The van der Waals surface area contributed by atoms with Gasteiger partial charge in [0.2, 0.25) is 0 Å². The molecule has 1 aliphatic rings. The third kappa shape index (κ3) is 2.74. The topological polar surface area (TPSA) is 12.5 Å². The number of methoxy groups -OCH3 is 1. The summed E-state index contributed by atoms with van der Waals surface area (Å²) in [4.78, 5) is 2.30. The number of ether oxygens (including phenoxy) is 1. The molecule has 0 saturated heterocycles. The monoisotopic (exact) mass is 345 g/mol. The summed E-state index contributed by atoms with van der Waals surface area (Å²) in [6.45, 7) is 2.23. The second-order valence-corrected chi connectivity index (χ2v) is 7.76. The lowest BCUT2D eigenvalue weighted by atomic mass is 9.75. The first kappa shape index (κ1) is 17.3. The van der Waals surface area contributed by atoms with Crippen LogP contribution in [0.4, 0.5) is 0 Å². The Labute approximate surface area is 156 Å². The van der Waals surface area contributed by atoms with Gasteiger partial charge in [-0.25, -0.2) is 0 Å². The fraction of sp³-hybridized carbons (Fsp3) is 0.333. The molecule has 0 heterocycles. The first-order valence-electron chi connectivity index (χ1n) is 9.37. The van der Waals surface area contributed by atoms with Crippen LogP contribution in [0.3, 0.4) is 0 Å². The summed E-state index contributed by atoms with van der Waals surface area (Å²) in [5, 5.41) is 2.58. The molecule has 2 nitrogen and oxygen atoms in total. The van der Waals surface area contributed by atoms with Crippen LogP contribution >= 0.6 is 0 Å². The minimum atomic E-state index is -0.265. The molecule has 0 aromatic heterocycles. The number of fused-ring (bicyclic) bond motifs is 2. The van der Waals surface area contributed by atoms with E-state index in [0.717, 1.165) is 12.8 Å². The van der Waals surface area contributed by atoms with Gasteiger partial charge in [0.15, 0.2) is 0 Å². The van der Waals surface area contributed by atoms with Crippen molar-refractivity contribution in [1.82, 2.24) is 4.90 Å². The normalized spacial score (nSPS) is 22.6. The summed E-state index contributed by atoms with van der Waals surface area (Å²) in [5.41, 5.74) is 5.04. The quantitative estimate of drug-likeness (QED) is 0.643. The highest BCUT2D eigenvalue weighted by molar-refractivity contribution is 5.87. The van der Waals surface area contributed by atoms with Gasteiger partial charge in [-0.2, -0.15) is 0 Å². The van der Waals surface area contributed by atoms with Gasteiger partial charge in [-0.15, -0.1) is 0 Å². The molecule has 0 bridgehead atoms. The molecule has 3 aromatic carbocycles. The molecular weight excluding hydrogens is 318 g/mol. The Balaban J connectivity index is 1.77. The lowest BCUT2D eigenvalue weighted by molar-refractivity contribution is -0.0686. The molecule has 0 fully saturated rings. The maximum absolute atomic E-state index is 6.04. The minimum absolute atomic E-state index is 0.265. The predicted molar refractivity (Wildman–Crippen MR) is 110 cm³/mol. The second kappa shape index (κ2) is 6.53. The second-order valence-electron chi connectivity index (χ2n) is 7.76. The van der Waals surface area contributed by atoms with Crippen LogP contribution in [0.25, 0.3) is 21.9 Å². The molecule has 0 spiro atoms. The van der Waals surface area contributed by atoms with E-state index >= 15 is 0 Å². The number of hydrogen-bond donors (Lipinski definition) is 0. The van der Waals surface area contributed by atoms with Gasteiger partial charge in [-0.3, -0.25) is 0 Å². The highest BCUT2D eigenvalue weighted by Crippen LogP contribution is 2.41. The molecule has 0 saturated carbocycles. The van der Waals surface area contributed by atoms with Crippen molar-refractivity contribution < 1.29 is 4.74 Å². The lowest BCUT2D eigenvalue weighted by Crippen LogP contribution is -2.50. The van der Waals surface area contributed by atoms with Gasteiger partial charge in [0.05, 0.1) is 0 Å². The molecule has 0 aliphatic heterocycles. The molecule has 1 aliphatic carbocycles. The third-order valence-electron chi connectivity index (χ3n) is 6.09. The Kier molecular flexibility index (Phi) is 4.34. The number of nitrogens with zero attached hydrogens (tertiary/aromatic N) is 1. The molecular formula is C24H27NO. The average Bonchev–Trinajstić information content (AvgIpc) is 2.67. The molecule has 2 unspecified atom stereocenters. The van der Waals surface area contributed by atoms with Crippen molar-refractivity contribution in [3.63, 3.8) is 0 Å². The summed E-state index contributed by atoms with van der Waals surface area (Å²) in [5.74, 6) is 0. The van der Waals surface area contributed by atoms with Crippen LogP contribution < -0.4 is 0 Å². The number of hydrogen-bond acceptors (Lipinski definition) is 2. The highest BCUT2D eigenvalue weighted by Gasteiger charge is 2.41. The molecule has 0 radical (unpaired) electrons. The summed E-state index contributed by atoms with van der Waals surface area (Å²) in [6, 6.07) is 22.6. The van der Waals surface area contributed by atoms with Crippen LogP contribution in [0.1, 0.15) is 24.5 Å². The number of aryl methyl sites for hydroxylation is 1. The minimum Gasteiger partial charge on any atom is -0.372 e. The van der Waals surface area contributed by atoms with E-state index in [0.29, 0.717) is 6.04 Å². The molecule has 2 atom stereocenters. The van der Waals surface area contributed by atoms with Crippen molar-refractivity contribution in [2.75, 3.05) is 21.2 Å². The molecule has 3 aromatic rings. The fourth-order valence-corrected chi connectivity index (χ4v) is 4.58. The maximum atomic E-state index is 6.04. The molecule has 26 heavy (non-hydrogen) atoms. The van der Waals surface area contributed by atoms with Crippen molar-refractivity contribution in [1.29, 1.82) is 0 Å². The Morgan fingerprint density at radius 3 is 2.35 bits per heavy atom. The molecule has 2 heteroatoms. The van der Waals surface area contributed by atoms with Crippen LogP contribution in [0.2, 0.25) is 0 Å². The largest absolute Gasteiger partial charge is 0.372 e. The van der Waals surface area contributed by atoms with E-state index in [1.54, 1.807) is 0 Å². The van der Waals surface area contributed by atoms with Gasteiger partial charge >= 0.3 is 0 Å². The summed E-state index contributed by atoms with van der Waals surface area (Å²) >= 11 is 0. The predicted octanol–water partition coefficient (Wildman–Crippen LogP) is 5.24. The van der Waals surface area contributed by atoms with Gasteiger partial charge in [-0.05, 0) is 73.0 Å². The van der Waals surface area contributed by atoms with Crippen molar-refractivity contribution in [3.05, 3.63) is 71.8 Å². The molecule has 0 N–H and O–H groups in total. The number of rotatable bonds is 3. The molecule has 4 rings (SSSR count). The summed E-state index contributed by atoms with van der Waals surface area (Å²) < 4.78 is 6.04. The first-order valence-corrected chi connectivity index (χ1v) is 9.37. The highest BCUT2D eigenvalue weighted by atomic mass is 16.5. The van der Waals surface area contributed by atoms with E-state index in [1.165, 1.54) is 33.0 Å². The van der Waals surface area contributed by atoms with Gasteiger partial charge in [0.1, 0.15) is 5.60 Å². The van der Waals surface area contributed by atoms with Crippen LogP contribution in [0.15, 0.2) is 60.7 Å². The summed E-state index contributed by atoms with van der Waals surface area (Å²) in [6.07, 6.45) is 2.21. The van der Waals surface area contributed by atoms with Crippen LogP contribution in [-0.2, 0) is 16.8 Å². The van der Waals surface area contributed by atoms with Crippen molar-refractivity contribution in [2.45, 2.75) is 31.4 Å². The van der Waals surface area contributed by atoms with E-state index in [9.17, 15) is 0 Å². The van der Waals surface area contributed by atoms with Crippen molar-refractivity contribution in [3.8, 4) is 11.1 Å². The Morgan fingerprint density at radius 2 is 1.62 bits per heavy atom. The number of likely N-dealkylation sites (N-methyl/N-ethyl adjacent to an activating group) is 1. The SMILES string of the molecule is COC1(C)c2ccc(-c3ccc4ccccc4c3)cc2CCC1N(C)C. The average molecular weight is 345 g/mol. The van der Waals surface area contributed by atoms with Crippen LogP contribution in [0, 0.1) is 0 Å². The zero-order chi connectivity index (χ0) is 18.3. The van der Waals surface area contributed by atoms with Gasteiger partial charge in [-0.1, -0.05) is 54.6 Å². The van der Waals surface area contributed by atoms with Crippen LogP contribution in [0.5, 0.6) is 0 Å². The van der Waals surface area contributed by atoms with E-state index < -0.39 is 0 Å².